The third-order valence-corrected chi connectivity index (χ3v) is 7.44. The van der Waals surface area contributed by atoms with E-state index < -0.39 is 21.9 Å². The second-order valence-corrected chi connectivity index (χ2v) is 9.61. The van der Waals surface area contributed by atoms with Gasteiger partial charge in [0.1, 0.15) is 0 Å². The van der Waals surface area contributed by atoms with Crippen molar-refractivity contribution in [1.29, 1.82) is 0 Å². The highest BCUT2D eigenvalue weighted by Gasteiger charge is 2.50. The Kier molecular flexibility index (Phi) is 4.16. The zero-order chi connectivity index (χ0) is 17.7. The molecule has 138 valence electrons. The van der Waals surface area contributed by atoms with Crippen LogP contribution in [0.3, 0.4) is 0 Å². The molecule has 1 saturated carbocycles. The van der Waals surface area contributed by atoms with Gasteiger partial charge in [-0.05, 0) is 41.7 Å². The normalized spacial score (nSPS) is 27.8. The third-order valence-electron chi connectivity index (χ3n) is 5.94. The second kappa shape index (κ2) is 5.99. The molecule has 2 aliphatic carbocycles. The molecule has 0 amide bonds. The Labute approximate surface area is 147 Å². The predicted molar refractivity (Wildman–Crippen MR) is 90.0 cm³/mol. The van der Waals surface area contributed by atoms with Crippen molar-refractivity contribution in [1.82, 2.24) is 4.72 Å². The molecule has 1 spiro atoms. The first-order valence-electron chi connectivity index (χ1n) is 8.82. The Balaban J connectivity index is 1.56. The lowest BCUT2D eigenvalue weighted by atomic mass is 9.75. The van der Waals surface area contributed by atoms with Gasteiger partial charge >= 0.3 is 0 Å². The van der Waals surface area contributed by atoms with Crippen LogP contribution in [-0.4, -0.2) is 33.3 Å². The number of sulfonamides is 1. The minimum atomic E-state index is -3.62. The quantitative estimate of drug-likeness (QED) is 0.885. The zero-order valence-electron chi connectivity index (χ0n) is 14.0. The number of rotatable bonds is 4. The maximum atomic E-state index is 13.0. The van der Waals surface area contributed by atoms with Crippen molar-refractivity contribution in [3.63, 3.8) is 0 Å². The summed E-state index contributed by atoms with van der Waals surface area (Å²) in [4.78, 5) is 0. The molecule has 25 heavy (non-hydrogen) atoms. The predicted octanol–water partition coefficient (Wildman–Crippen LogP) is 3.05. The van der Waals surface area contributed by atoms with E-state index in [-0.39, 0.29) is 30.1 Å². The number of halogens is 2. The average Bonchev–Trinajstić information content (AvgIpc) is 2.79. The van der Waals surface area contributed by atoms with Crippen molar-refractivity contribution < 1.29 is 21.9 Å². The number of hydrogen-bond acceptors (Lipinski definition) is 3. The lowest BCUT2D eigenvalue weighted by Gasteiger charge is -2.40. The van der Waals surface area contributed by atoms with Gasteiger partial charge in [0.15, 0.2) is 0 Å². The topological polar surface area (TPSA) is 55.4 Å². The highest BCUT2D eigenvalue weighted by atomic mass is 32.2. The first-order valence-corrected chi connectivity index (χ1v) is 10.5. The molecule has 1 aromatic rings. The lowest BCUT2D eigenvalue weighted by molar-refractivity contribution is -0.103. The first kappa shape index (κ1) is 17.4. The van der Waals surface area contributed by atoms with Crippen LogP contribution in [0.5, 0.6) is 0 Å². The SMILES string of the molecule is O=S(=O)(CC1CC(F)(F)C1)NC1c2ccccc2CC12CCOCC2. The summed E-state index contributed by atoms with van der Waals surface area (Å²) in [5.74, 6) is -3.36. The molecule has 0 aromatic heterocycles. The molecular formula is C18H23F2NO3S. The van der Waals surface area contributed by atoms with Gasteiger partial charge in [-0.2, -0.15) is 0 Å². The summed E-state index contributed by atoms with van der Waals surface area (Å²) < 4.78 is 59.7. The zero-order valence-corrected chi connectivity index (χ0v) is 14.8. The molecule has 7 heteroatoms. The van der Waals surface area contributed by atoms with E-state index in [9.17, 15) is 17.2 Å². The van der Waals surface area contributed by atoms with E-state index in [1.165, 1.54) is 5.56 Å². The number of benzene rings is 1. The fourth-order valence-electron chi connectivity index (χ4n) is 4.66. The molecular weight excluding hydrogens is 348 g/mol. The van der Waals surface area contributed by atoms with Crippen LogP contribution >= 0.6 is 0 Å². The smallest absolute Gasteiger partial charge is 0.248 e. The van der Waals surface area contributed by atoms with E-state index in [1.54, 1.807) is 0 Å². The van der Waals surface area contributed by atoms with Gasteiger partial charge in [-0.1, -0.05) is 24.3 Å². The molecule has 1 heterocycles. The lowest BCUT2D eigenvalue weighted by Crippen LogP contribution is -2.46. The molecule has 1 N–H and O–H groups in total. The van der Waals surface area contributed by atoms with E-state index in [1.807, 2.05) is 24.3 Å². The molecule has 4 rings (SSSR count). The standard InChI is InChI=1S/C18H23F2NO3S/c19-18(20)9-13(10-18)12-25(22,23)21-16-15-4-2-1-3-14(15)11-17(16)5-7-24-8-6-17/h1-4,13,16,21H,5-12H2. The van der Waals surface area contributed by atoms with Crippen LogP contribution in [0.2, 0.25) is 0 Å². The third kappa shape index (κ3) is 3.34. The van der Waals surface area contributed by atoms with Crippen LogP contribution in [0.4, 0.5) is 8.78 Å². The number of hydrogen-bond donors (Lipinski definition) is 1. The first-order chi connectivity index (χ1) is 11.8. The number of nitrogens with one attached hydrogen (secondary N) is 1. The van der Waals surface area contributed by atoms with Crippen LogP contribution in [-0.2, 0) is 21.2 Å². The Morgan fingerprint density at radius 3 is 2.52 bits per heavy atom. The Morgan fingerprint density at radius 2 is 1.84 bits per heavy atom. The molecule has 2 fully saturated rings. The fraction of sp³-hybridized carbons (Fsp3) is 0.667. The van der Waals surface area contributed by atoms with Gasteiger partial charge in [-0.3, -0.25) is 0 Å². The molecule has 1 atom stereocenters. The second-order valence-electron chi connectivity index (χ2n) is 7.81. The van der Waals surface area contributed by atoms with E-state index in [4.69, 9.17) is 4.74 Å². The van der Waals surface area contributed by atoms with Crippen molar-refractivity contribution in [2.24, 2.45) is 11.3 Å². The van der Waals surface area contributed by atoms with E-state index >= 15 is 0 Å². The highest BCUT2D eigenvalue weighted by molar-refractivity contribution is 7.89. The van der Waals surface area contributed by atoms with Gasteiger partial charge in [0.05, 0.1) is 11.8 Å². The summed E-state index contributed by atoms with van der Waals surface area (Å²) in [5.41, 5.74) is 2.03. The van der Waals surface area contributed by atoms with Gasteiger partial charge in [0.25, 0.3) is 0 Å². The van der Waals surface area contributed by atoms with Crippen LogP contribution in [0, 0.1) is 11.3 Å². The van der Waals surface area contributed by atoms with E-state index in [2.05, 4.69) is 4.72 Å². The van der Waals surface area contributed by atoms with Crippen molar-refractivity contribution in [3.8, 4) is 0 Å². The Hall–Kier alpha value is -1.05. The molecule has 1 unspecified atom stereocenters. The van der Waals surface area contributed by atoms with Gasteiger partial charge < -0.3 is 4.74 Å². The van der Waals surface area contributed by atoms with Gasteiger partial charge in [0.2, 0.25) is 15.9 Å². The largest absolute Gasteiger partial charge is 0.381 e. The van der Waals surface area contributed by atoms with E-state index in [0.717, 1.165) is 24.8 Å². The van der Waals surface area contributed by atoms with Crippen molar-refractivity contribution in [2.45, 2.75) is 44.1 Å². The number of ether oxygens (including phenoxy) is 1. The Morgan fingerprint density at radius 1 is 1.16 bits per heavy atom. The summed E-state index contributed by atoms with van der Waals surface area (Å²) in [6.07, 6.45) is 1.79. The molecule has 1 saturated heterocycles. The summed E-state index contributed by atoms with van der Waals surface area (Å²) in [5, 5.41) is 0. The molecule has 0 radical (unpaired) electrons. The minimum absolute atomic E-state index is 0.168. The molecule has 1 aromatic carbocycles. The van der Waals surface area contributed by atoms with Crippen molar-refractivity contribution in [3.05, 3.63) is 35.4 Å². The monoisotopic (exact) mass is 371 g/mol. The summed E-state index contributed by atoms with van der Waals surface area (Å²) in [7, 11) is -3.62. The van der Waals surface area contributed by atoms with Crippen LogP contribution < -0.4 is 4.72 Å². The number of alkyl halides is 2. The molecule has 4 nitrogen and oxygen atoms in total. The highest BCUT2D eigenvalue weighted by Crippen LogP contribution is 2.52. The van der Waals surface area contributed by atoms with Crippen LogP contribution in [0.25, 0.3) is 0 Å². The van der Waals surface area contributed by atoms with Gasteiger partial charge in [-0.15, -0.1) is 0 Å². The van der Waals surface area contributed by atoms with Gasteiger partial charge in [0, 0.05) is 26.1 Å². The summed E-state index contributed by atoms with van der Waals surface area (Å²) in [6, 6.07) is 7.63. The molecule has 3 aliphatic rings. The maximum absolute atomic E-state index is 13.0. The summed E-state index contributed by atoms with van der Waals surface area (Å²) >= 11 is 0. The van der Waals surface area contributed by atoms with Crippen molar-refractivity contribution in [2.75, 3.05) is 19.0 Å². The van der Waals surface area contributed by atoms with Gasteiger partial charge in [-0.25, -0.2) is 21.9 Å². The maximum Gasteiger partial charge on any atom is 0.248 e. The van der Waals surface area contributed by atoms with Crippen molar-refractivity contribution >= 4 is 10.0 Å². The van der Waals surface area contributed by atoms with Crippen LogP contribution in [0.1, 0.15) is 42.9 Å². The fourth-order valence-corrected chi connectivity index (χ4v) is 6.35. The average molecular weight is 371 g/mol. The van der Waals surface area contributed by atoms with E-state index in [0.29, 0.717) is 13.2 Å². The van der Waals surface area contributed by atoms with Crippen LogP contribution in [0.15, 0.2) is 24.3 Å². The number of fused-ring (bicyclic) bond motifs is 1. The molecule has 0 bridgehead atoms. The molecule has 1 aliphatic heterocycles. The minimum Gasteiger partial charge on any atom is -0.381 e. The Bertz CT molecular complexity index is 751. The summed E-state index contributed by atoms with van der Waals surface area (Å²) in [6.45, 7) is 1.25.